The minimum absolute atomic E-state index is 0.179. The van der Waals surface area contributed by atoms with E-state index in [0.717, 1.165) is 6.42 Å². The molecule has 2 aromatic heterocycles. The van der Waals surface area contributed by atoms with E-state index in [1.54, 1.807) is 0 Å². The number of benzene rings is 9. The van der Waals surface area contributed by atoms with Crippen LogP contribution in [-0.2, 0) is 0 Å². The minimum Gasteiger partial charge on any atom is -0.135 e. The standard InChI is InChI=1S/C61H46S2/c1-4-42(41-35-52(61-54(36-41)46-23-13-15-31-56(46)63-61)40-32-33-57-53(34-40)45-22-12-14-30-55(45)62-57)44-21-8-9-24-47(44)58-37(2)18-16-28-48(58)51-29-17-27-43-38(3)59(39-19-6-5-7-20-39)49-25-10-11-26-50(49)60(43)51/h5-36,38,42,59H,4H2,1-3H3. The zero-order chi connectivity index (χ0) is 42.2. The predicted molar refractivity (Wildman–Crippen MR) is 274 cm³/mol. The summed E-state index contributed by atoms with van der Waals surface area (Å²) in [5.74, 6) is 0.791. The monoisotopic (exact) mass is 842 g/mol. The Bertz CT molecular complexity index is 3550. The van der Waals surface area contributed by atoms with Crippen molar-refractivity contribution < 1.29 is 0 Å². The molecule has 9 aromatic carbocycles. The molecule has 0 nitrogen and oxygen atoms in total. The van der Waals surface area contributed by atoms with Crippen LogP contribution in [0.5, 0.6) is 0 Å². The second-order valence-corrected chi connectivity index (χ2v) is 19.6. The molecule has 2 heteroatoms. The molecule has 0 saturated carbocycles. The maximum Gasteiger partial charge on any atom is 0.0434 e. The maximum absolute atomic E-state index is 2.53. The van der Waals surface area contributed by atoms with Crippen molar-refractivity contribution in [1.82, 2.24) is 0 Å². The van der Waals surface area contributed by atoms with Gasteiger partial charge in [0.15, 0.2) is 0 Å². The molecule has 2 heterocycles. The summed E-state index contributed by atoms with van der Waals surface area (Å²) in [6.45, 7) is 7.10. The van der Waals surface area contributed by atoms with Crippen LogP contribution < -0.4 is 0 Å². The van der Waals surface area contributed by atoms with Gasteiger partial charge in [-0.1, -0.05) is 172 Å². The van der Waals surface area contributed by atoms with Crippen LogP contribution in [0.4, 0.5) is 0 Å². The third-order valence-electron chi connectivity index (χ3n) is 14.0. The van der Waals surface area contributed by atoms with Gasteiger partial charge < -0.3 is 0 Å². The predicted octanol–water partition coefficient (Wildman–Crippen LogP) is 18.2. The first-order valence-corrected chi connectivity index (χ1v) is 24.0. The maximum atomic E-state index is 2.53. The lowest BCUT2D eigenvalue weighted by Gasteiger charge is -2.35. The van der Waals surface area contributed by atoms with Crippen LogP contribution in [0.25, 0.3) is 84.9 Å². The Morgan fingerprint density at radius 3 is 1.89 bits per heavy atom. The highest BCUT2D eigenvalue weighted by atomic mass is 32.1. The number of fused-ring (bicyclic) bond motifs is 9. The number of hydrogen-bond donors (Lipinski definition) is 0. The Morgan fingerprint density at radius 1 is 0.460 bits per heavy atom. The molecule has 63 heavy (non-hydrogen) atoms. The van der Waals surface area contributed by atoms with Gasteiger partial charge in [0.2, 0.25) is 0 Å². The van der Waals surface area contributed by atoms with E-state index in [9.17, 15) is 0 Å². The molecule has 1 aliphatic carbocycles. The molecule has 12 rings (SSSR count). The van der Waals surface area contributed by atoms with E-state index in [1.807, 2.05) is 22.7 Å². The van der Waals surface area contributed by atoms with E-state index in [2.05, 4.69) is 215 Å². The molecule has 3 atom stereocenters. The van der Waals surface area contributed by atoms with E-state index >= 15 is 0 Å². The van der Waals surface area contributed by atoms with Crippen molar-refractivity contribution in [1.29, 1.82) is 0 Å². The molecule has 0 aliphatic heterocycles. The fourth-order valence-electron chi connectivity index (χ4n) is 11.1. The average Bonchev–Trinajstić information content (AvgIpc) is 3.90. The van der Waals surface area contributed by atoms with Crippen LogP contribution in [-0.4, -0.2) is 0 Å². The Balaban J connectivity index is 1.04. The Labute approximate surface area is 377 Å². The lowest BCUT2D eigenvalue weighted by Crippen LogP contribution is -2.17. The lowest BCUT2D eigenvalue weighted by atomic mass is 9.68. The molecule has 0 N–H and O–H groups in total. The van der Waals surface area contributed by atoms with E-state index in [4.69, 9.17) is 0 Å². The van der Waals surface area contributed by atoms with E-state index in [1.165, 1.54) is 118 Å². The lowest BCUT2D eigenvalue weighted by molar-refractivity contribution is 0.650. The summed E-state index contributed by atoms with van der Waals surface area (Å²) >= 11 is 3.82. The van der Waals surface area contributed by atoms with Gasteiger partial charge in [0.05, 0.1) is 0 Å². The summed E-state index contributed by atoms with van der Waals surface area (Å²) in [4.78, 5) is 0. The summed E-state index contributed by atoms with van der Waals surface area (Å²) in [6, 6.07) is 73.6. The van der Waals surface area contributed by atoms with Gasteiger partial charge >= 0.3 is 0 Å². The van der Waals surface area contributed by atoms with Gasteiger partial charge in [-0.05, 0) is 134 Å². The first kappa shape index (κ1) is 38.1. The molecule has 0 bridgehead atoms. The second-order valence-electron chi connectivity index (χ2n) is 17.4. The molecule has 11 aromatic rings. The summed E-state index contributed by atoms with van der Waals surface area (Å²) in [5.41, 5.74) is 18.8. The van der Waals surface area contributed by atoms with Gasteiger partial charge in [-0.25, -0.2) is 0 Å². The van der Waals surface area contributed by atoms with Crippen LogP contribution >= 0.6 is 22.7 Å². The van der Waals surface area contributed by atoms with E-state index < -0.39 is 0 Å². The molecular formula is C61H46S2. The summed E-state index contributed by atoms with van der Waals surface area (Å²) in [5, 5.41) is 5.37. The van der Waals surface area contributed by atoms with Crippen LogP contribution in [0.3, 0.4) is 0 Å². The fraction of sp³-hybridized carbons (Fsp3) is 0.115. The molecule has 3 unspecified atom stereocenters. The van der Waals surface area contributed by atoms with Crippen molar-refractivity contribution in [3.8, 4) is 44.5 Å². The van der Waals surface area contributed by atoms with Crippen molar-refractivity contribution in [2.75, 3.05) is 0 Å². The number of aryl methyl sites for hydroxylation is 1. The summed E-state index contributed by atoms with van der Waals surface area (Å²) in [7, 11) is 0. The van der Waals surface area contributed by atoms with Crippen LogP contribution in [0, 0.1) is 6.92 Å². The molecule has 1 aliphatic rings. The topological polar surface area (TPSA) is 0 Å². The van der Waals surface area contributed by atoms with Crippen LogP contribution in [0.15, 0.2) is 194 Å². The van der Waals surface area contributed by atoms with Crippen molar-refractivity contribution in [2.45, 2.75) is 44.9 Å². The first-order chi connectivity index (χ1) is 31.1. The van der Waals surface area contributed by atoms with Gasteiger partial charge in [0.1, 0.15) is 0 Å². The normalized spacial score (nSPS) is 15.2. The highest BCUT2D eigenvalue weighted by Crippen LogP contribution is 2.54. The van der Waals surface area contributed by atoms with Gasteiger partial charge in [0.25, 0.3) is 0 Å². The molecule has 0 spiro atoms. The van der Waals surface area contributed by atoms with Gasteiger partial charge in [0, 0.05) is 52.2 Å². The van der Waals surface area contributed by atoms with Gasteiger partial charge in [-0.3, -0.25) is 0 Å². The summed E-state index contributed by atoms with van der Waals surface area (Å²) in [6.07, 6.45) is 0.978. The number of hydrogen-bond acceptors (Lipinski definition) is 2. The highest BCUT2D eigenvalue weighted by molar-refractivity contribution is 7.26. The van der Waals surface area contributed by atoms with Gasteiger partial charge in [-0.15, -0.1) is 22.7 Å². The Hall–Kier alpha value is -6.58. The zero-order valence-corrected chi connectivity index (χ0v) is 37.4. The van der Waals surface area contributed by atoms with Crippen molar-refractivity contribution in [2.24, 2.45) is 0 Å². The third kappa shape index (κ3) is 6.15. The second kappa shape index (κ2) is 15.3. The van der Waals surface area contributed by atoms with Crippen LogP contribution in [0.2, 0.25) is 0 Å². The Morgan fingerprint density at radius 2 is 1.08 bits per heavy atom. The molecular weight excluding hydrogens is 797 g/mol. The smallest absolute Gasteiger partial charge is 0.0434 e. The average molecular weight is 843 g/mol. The molecule has 302 valence electrons. The number of thiophene rings is 2. The van der Waals surface area contributed by atoms with E-state index in [0.29, 0.717) is 11.8 Å². The SMILES string of the molecule is CCC(c1cc(-c2ccc3sc4ccccc4c3c2)c2sc3ccccc3c2c1)c1ccccc1-c1c(C)cccc1-c1cccc2c1-c1ccccc1C(c1ccccc1)C2C. The van der Waals surface area contributed by atoms with E-state index in [-0.39, 0.29) is 5.92 Å². The van der Waals surface area contributed by atoms with Gasteiger partial charge in [-0.2, -0.15) is 0 Å². The third-order valence-corrected chi connectivity index (χ3v) is 16.4. The Kier molecular flexibility index (Phi) is 9.29. The van der Waals surface area contributed by atoms with Crippen molar-refractivity contribution in [3.05, 3.63) is 228 Å². The highest BCUT2D eigenvalue weighted by Gasteiger charge is 2.34. The molecule has 0 amide bonds. The molecule has 0 fully saturated rings. The fourth-order valence-corrected chi connectivity index (χ4v) is 13.4. The number of rotatable bonds is 7. The minimum atomic E-state index is 0.179. The summed E-state index contributed by atoms with van der Waals surface area (Å²) < 4.78 is 5.38. The largest absolute Gasteiger partial charge is 0.135 e. The first-order valence-electron chi connectivity index (χ1n) is 22.4. The molecule has 0 radical (unpaired) electrons. The quantitative estimate of drug-likeness (QED) is 0.150. The molecule has 0 saturated heterocycles. The van der Waals surface area contributed by atoms with Crippen molar-refractivity contribution >= 4 is 63.0 Å². The zero-order valence-electron chi connectivity index (χ0n) is 35.7. The van der Waals surface area contributed by atoms with Crippen LogP contribution in [0.1, 0.15) is 71.4 Å². The van der Waals surface area contributed by atoms with Crippen molar-refractivity contribution in [3.63, 3.8) is 0 Å².